The van der Waals surface area contributed by atoms with Gasteiger partial charge in [-0.3, -0.25) is 0 Å². The number of ether oxygens (including phenoxy) is 1. The number of aromatic nitrogens is 3. The fraction of sp³-hybridized carbons (Fsp3) is 0.133. The topological polar surface area (TPSA) is 73.9 Å². The maximum Gasteiger partial charge on any atom is 0.240 e. The molecule has 0 fully saturated rings. The van der Waals surface area contributed by atoms with Crippen LogP contribution in [0.5, 0.6) is 5.75 Å². The summed E-state index contributed by atoms with van der Waals surface area (Å²) in [6.45, 7) is 1.95. The van der Waals surface area contributed by atoms with E-state index in [1.807, 2.05) is 37.3 Å². The Hall–Kier alpha value is -2.40. The molecule has 0 saturated carbocycles. The Morgan fingerprint density at radius 1 is 1.19 bits per heavy atom. The van der Waals surface area contributed by atoms with Gasteiger partial charge in [0.1, 0.15) is 11.3 Å². The number of rotatable bonds is 2. The summed E-state index contributed by atoms with van der Waals surface area (Å²) in [5.74, 6) is 0.867. The fourth-order valence-electron chi connectivity index (χ4n) is 2.32. The van der Waals surface area contributed by atoms with Gasteiger partial charge >= 0.3 is 0 Å². The molecular formula is C15H13ClN4O. The molecule has 6 heteroatoms. The highest BCUT2D eigenvalue weighted by molar-refractivity contribution is 6.33. The zero-order valence-corrected chi connectivity index (χ0v) is 12.3. The summed E-state index contributed by atoms with van der Waals surface area (Å²) in [7, 11) is 1.62. The van der Waals surface area contributed by atoms with E-state index in [1.165, 1.54) is 0 Å². The second kappa shape index (κ2) is 5.18. The van der Waals surface area contributed by atoms with Crippen molar-refractivity contribution in [3.8, 4) is 16.9 Å². The lowest BCUT2D eigenvalue weighted by Gasteiger charge is -2.12. The molecule has 0 spiro atoms. The van der Waals surface area contributed by atoms with Gasteiger partial charge in [-0.25, -0.2) is 4.98 Å². The molecule has 0 atom stereocenters. The zero-order valence-electron chi connectivity index (χ0n) is 11.6. The summed E-state index contributed by atoms with van der Waals surface area (Å²) in [5.41, 5.74) is 9.67. The number of hydrogen-bond donors (Lipinski definition) is 1. The van der Waals surface area contributed by atoms with Gasteiger partial charge in [0.15, 0.2) is 0 Å². The molecule has 0 bridgehead atoms. The van der Waals surface area contributed by atoms with E-state index in [4.69, 9.17) is 22.1 Å². The van der Waals surface area contributed by atoms with Crippen LogP contribution in [0.3, 0.4) is 0 Å². The largest absolute Gasteiger partial charge is 0.496 e. The first kappa shape index (κ1) is 13.6. The number of nitrogens with zero attached hydrogens (tertiary/aromatic N) is 3. The number of fused-ring (bicyclic) bond motifs is 1. The molecule has 3 rings (SSSR count). The van der Waals surface area contributed by atoms with Crippen LogP contribution in [0, 0.1) is 6.92 Å². The summed E-state index contributed by atoms with van der Waals surface area (Å²) in [6.07, 6.45) is 0. The van der Waals surface area contributed by atoms with Crippen molar-refractivity contribution in [2.24, 2.45) is 0 Å². The Bertz CT molecular complexity index is 835. The SMILES string of the molecule is COc1cccc(Cl)c1-c1cc(C)c2nc(N)nnc2c1. The smallest absolute Gasteiger partial charge is 0.240 e. The van der Waals surface area contributed by atoms with Crippen molar-refractivity contribution in [3.05, 3.63) is 40.9 Å². The van der Waals surface area contributed by atoms with E-state index >= 15 is 0 Å². The van der Waals surface area contributed by atoms with Gasteiger partial charge in [-0.2, -0.15) is 0 Å². The highest BCUT2D eigenvalue weighted by atomic mass is 35.5. The van der Waals surface area contributed by atoms with Crippen LogP contribution < -0.4 is 10.5 Å². The van der Waals surface area contributed by atoms with E-state index in [-0.39, 0.29) is 5.95 Å². The van der Waals surface area contributed by atoms with Crippen LogP contribution >= 0.6 is 11.6 Å². The molecule has 1 heterocycles. The van der Waals surface area contributed by atoms with E-state index in [0.29, 0.717) is 16.3 Å². The van der Waals surface area contributed by atoms with Crippen molar-refractivity contribution < 1.29 is 4.74 Å². The second-order valence-electron chi connectivity index (χ2n) is 4.65. The molecule has 0 unspecified atom stereocenters. The average molecular weight is 301 g/mol. The van der Waals surface area contributed by atoms with E-state index in [0.717, 1.165) is 22.2 Å². The van der Waals surface area contributed by atoms with Crippen LogP contribution in [0.1, 0.15) is 5.56 Å². The quantitative estimate of drug-likeness (QED) is 0.786. The summed E-state index contributed by atoms with van der Waals surface area (Å²) < 4.78 is 5.40. The number of nitrogen functional groups attached to an aromatic ring is 1. The lowest BCUT2D eigenvalue weighted by Crippen LogP contribution is -1.99. The molecule has 106 valence electrons. The van der Waals surface area contributed by atoms with Crippen molar-refractivity contribution in [1.29, 1.82) is 0 Å². The number of hydrogen-bond acceptors (Lipinski definition) is 5. The van der Waals surface area contributed by atoms with Gasteiger partial charge in [-0.1, -0.05) is 17.7 Å². The van der Waals surface area contributed by atoms with Crippen LogP contribution in [0.15, 0.2) is 30.3 Å². The zero-order chi connectivity index (χ0) is 15.0. The number of benzene rings is 2. The molecule has 5 nitrogen and oxygen atoms in total. The number of nitrogens with two attached hydrogens (primary N) is 1. The Morgan fingerprint density at radius 3 is 2.76 bits per heavy atom. The molecular weight excluding hydrogens is 288 g/mol. The molecule has 0 amide bonds. The van der Waals surface area contributed by atoms with Crippen LogP contribution in [0.25, 0.3) is 22.2 Å². The molecule has 2 aromatic carbocycles. The second-order valence-corrected chi connectivity index (χ2v) is 5.06. The number of halogens is 1. The summed E-state index contributed by atoms with van der Waals surface area (Å²) in [5, 5.41) is 8.51. The summed E-state index contributed by atoms with van der Waals surface area (Å²) >= 11 is 6.32. The minimum absolute atomic E-state index is 0.161. The Kier molecular flexibility index (Phi) is 3.35. The lowest BCUT2D eigenvalue weighted by atomic mass is 10.0. The van der Waals surface area contributed by atoms with Gasteiger partial charge in [0.05, 0.1) is 17.6 Å². The molecule has 3 aromatic rings. The molecule has 1 aromatic heterocycles. The van der Waals surface area contributed by atoms with Crippen molar-refractivity contribution in [1.82, 2.24) is 15.2 Å². The average Bonchev–Trinajstić information content (AvgIpc) is 2.47. The number of methoxy groups -OCH3 is 1. The Labute approximate surface area is 126 Å². The molecule has 0 aliphatic carbocycles. The van der Waals surface area contributed by atoms with Crippen molar-refractivity contribution in [2.45, 2.75) is 6.92 Å². The standard InChI is InChI=1S/C15H13ClN4O/c1-8-6-9(7-11-14(8)18-15(17)20-19-11)13-10(16)4-3-5-12(13)21-2/h3-7H,1-2H3,(H2,17,18,20). The van der Waals surface area contributed by atoms with Crippen LogP contribution in [0.2, 0.25) is 5.02 Å². The minimum Gasteiger partial charge on any atom is -0.496 e. The first-order valence-corrected chi connectivity index (χ1v) is 6.71. The van der Waals surface area contributed by atoms with Crippen LogP contribution in [-0.4, -0.2) is 22.3 Å². The predicted molar refractivity (Wildman–Crippen MR) is 83.5 cm³/mol. The van der Waals surface area contributed by atoms with Crippen molar-refractivity contribution in [3.63, 3.8) is 0 Å². The highest BCUT2D eigenvalue weighted by Gasteiger charge is 2.13. The third-order valence-corrected chi connectivity index (χ3v) is 3.57. The fourth-order valence-corrected chi connectivity index (χ4v) is 2.60. The van der Waals surface area contributed by atoms with Gasteiger partial charge < -0.3 is 10.5 Å². The molecule has 0 radical (unpaired) electrons. The van der Waals surface area contributed by atoms with Crippen molar-refractivity contribution in [2.75, 3.05) is 12.8 Å². The molecule has 0 saturated heterocycles. The van der Waals surface area contributed by atoms with E-state index in [2.05, 4.69) is 15.2 Å². The first-order valence-electron chi connectivity index (χ1n) is 6.33. The molecule has 21 heavy (non-hydrogen) atoms. The predicted octanol–water partition coefficient (Wildman–Crippen LogP) is 3.24. The van der Waals surface area contributed by atoms with Crippen molar-refractivity contribution >= 4 is 28.6 Å². The monoisotopic (exact) mass is 300 g/mol. The van der Waals surface area contributed by atoms with Gasteiger partial charge in [0.2, 0.25) is 5.95 Å². The van der Waals surface area contributed by atoms with Crippen LogP contribution in [-0.2, 0) is 0 Å². The van der Waals surface area contributed by atoms with Gasteiger partial charge in [-0.05, 0) is 42.3 Å². The van der Waals surface area contributed by atoms with Crippen LogP contribution in [0.4, 0.5) is 5.95 Å². The molecule has 2 N–H and O–H groups in total. The Morgan fingerprint density at radius 2 is 2.00 bits per heavy atom. The molecule has 0 aliphatic heterocycles. The highest BCUT2D eigenvalue weighted by Crippen LogP contribution is 2.37. The van der Waals surface area contributed by atoms with E-state index in [9.17, 15) is 0 Å². The van der Waals surface area contributed by atoms with E-state index < -0.39 is 0 Å². The van der Waals surface area contributed by atoms with E-state index in [1.54, 1.807) is 7.11 Å². The lowest BCUT2D eigenvalue weighted by molar-refractivity contribution is 0.416. The summed E-state index contributed by atoms with van der Waals surface area (Å²) in [4.78, 5) is 4.21. The van der Waals surface area contributed by atoms with Gasteiger partial charge in [-0.15, -0.1) is 10.2 Å². The van der Waals surface area contributed by atoms with Gasteiger partial charge in [0.25, 0.3) is 0 Å². The normalized spacial score (nSPS) is 10.8. The Balaban J connectivity index is 2.29. The molecule has 0 aliphatic rings. The first-order chi connectivity index (χ1) is 10.1. The maximum absolute atomic E-state index is 6.32. The summed E-state index contributed by atoms with van der Waals surface area (Å²) in [6, 6.07) is 9.41. The number of aryl methyl sites for hydroxylation is 1. The van der Waals surface area contributed by atoms with Gasteiger partial charge in [0, 0.05) is 5.56 Å². The maximum atomic E-state index is 6.32. The third-order valence-electron chi connectivity index (χ3n) is 3.25. The number of anilines is 1. The third kappa shape index (κ3) is 2.36. The minimum atomic E-state index is 0.161.